The van der Waals surface area contributed by atoms with Gasteiger partial charge in [0, 0.05) is 17.8 Å². The maximum absolute atomic E-state index is 12.3. The molecular weight excluding hydrogens is 304 g/mol. The second-order valence-electron chi connectivity index (χ2n) is 6.57. The molecule has 0 unspecified atom stereocenters. The Morgan fingerprint density at radius 3 is 1.68 bits per heavy atom. The second-order valence-corrected chi connectivity index (χ2v) is 6.57. The average molecular weight is 324 g/mol. The molecule has 0 aliphatic heterocycles. The van der Waals surface area contributed by atoms with Gasteiger partial charge < -0.3 is 0 Å². The predicted octanol–water partition coefficient (Wildman–Crippen LogP) is 5.29. The van der Waals surface area contributed by atoms with Crippen molar-refractivity contribution < 1.29 is 4.79 Å². The third kappa shape index (κ3) is 2.72. The zero-order chi connectivity index (χ0) is 17.1. The molecule has 0 fully saturated rings. The zero-order valence-electron chi connectivity index (χ0n) is 14.0. The van der Waals surface area contributed by atoms with Gasteiger partial charge in [0.1, 0.15) is 0 Å². The fourth-order valence-electron chi connectivity index (χ4n) is 4.03. The third-order valence-electron chi connectivity index (χ3n) is 5.19. The normalized spacial score (nSPS) is 18.9. The summed E-state index contributed by atoms with van der Waals surface area (Å²) < 4.78 is 0. The number of rotatable bonds is 3. The smallest absolute Gasteiger partial charge is 0.156 e. The van der Waals surface area contributed by atoms with Gasteiger partial charge in [-0.15, -0.1) is 0 Å². The minimum absolute atomic E-state index is 0.0796. The molecule has 25 heavy (non-hydrogen) atoms. The summed E-state index contributed by atoms with van der Waals surface area (Å²) in [5, 5.41) is 0. The molecule has 0 bridgehead atoms. The first kappa shape index (κ1) is 15.6. The van der Waals surface area contributed by atoms with Gasteiger partial charge in [-0.1, -0.05) is 97.1 Å². The van der Waals surface area contributed by atoms with E-state index >= 15 is 0 Å². The van der Waals surface area contributed by atoms with E-state index in [1.807, 2.05) is 18.2 Å². The highest BCUT2D eigenvalue weighted by atomic mass is 16.1. The van der Waals surface area contributed by atoms with E-state index in [4.69, 9.17) is 0 Å². The van der Waals surface area contributed by atoms with E-state index in [0.717, 1.165) is 0 Å². The van der Waals surface area contributed by atoms with E-state index in [-0.39, 0.29) is 17.1 Å². The van der Waals surface area contributed by atoms with Crippen LogP contribution in [0.25, 0.3) is 0 Å². The predicted molar refractivity (Wildman–Crippen MR) is 102 cm³/mol. The first-order valence-electron chi connectivity index (χ1n) is 8.69. The molecule has 0 radical (unpaired) electrons. The Balaban J connectivity index is 2.01. The minimum Gasteiger partial charge on any atom is -0.295 e. The largest absolute Gasteiger partial charge is 0.295 e. The number of benzene rings is 3. The molecular formula is C24H20O. The molecule has 3 aromatic carbocycles. The monoisotopic (exact) mass is 324 g/mol. The molecule has 122 valence electrons. The molecule has 1 aliphatic carbocycles. The zero-order valence-corrected chi connectivity index (χ0v) is 14.0. The molecule has 1 aliphatic rings. The molecule has 0 amide bonds. The van der Waals surface area contributed by atoms with Gasteiger partial charge in [0.25, 0.3) is 0 Å². The summed E-state index contributed by atoms with van der Waals surface area (Å²) in [6.07, 6.45) is 4.39. The third-order valence-corrected chi connectivity index (χ3v) is 5.19. The molecule has 4 rings (SSSR count). The number of carbonyl (C=O) groups excluding carboxylic acids is 1. The summed E-state index contributed by atoms with van der Waals surface area (Å²) in [6, 6.07) is 31.5. The highest BCUT2D eigenvalue weighted by Crippen LogP contribution is 2.49. The maximum atomic E-state index is 12.3. The van der Waals surface area contributed by atoms with Crippen molar-refractivity contribution in [1.82, 2.24) is 0 Å². The first-order valence-corrected chi connectivity index (χ1v) is 8.69. The standard InChI is InChI=1S/C24H20O/c25-22-16-17-24(20-12-6-2-7-13-20,21-14-8-3-9-15-21)23(18-22)19-10-4-1-5-11-19/h1-17,23H,18H2/t23-/m1/s1. The van der Waals surface area contributed by atoms with Gasteiger partial charge in [0.2, 0.25) is 0 Å². The van der Waals surface area contributed by atoms with Crippen molar-refractivity contribution in [2.45, 2.75) is 17.8 Å². The lowest BCUT2D eigenvalue weighted by molar-refractivity contribution is -0.115. The van der Waals surface area contributed by atoms with Crippen LogP contribution in [0.5, 0.6) is 0 Å². The van der Waals surface area contributed by atoms with Crippen molar-refractivity contribution in [2.24, 2.45) is 0 Å². The fraction of sp³-hybridized carbons (Fsp3) is 0.125. The highest BCUT2D eigenvalue weighted by molar-refractivity contribution is 5.92. The Morgan fingerprint density at radius 1 is 0.680 bits per heavy atom. The molecule has 1 nitrogen and oxygen atoms in total. The van der Waals surface area contributed by atoms with Crippen LogP contribution in [0.4, 0.5) is 0 Å². The molecule has 0 saturated heterocycles. The molecule has 0 heterocycles. The lowest BCUT2D eigenvalue weighted by Crippen LogP contribution is -2.37. The van der Waals surface area contributed by atoms with Crippen molar-refractivity contribution in [2.75, 3.05) is 0 Å². The molecule has 0 N–H and O–H groups in total. The van der Waals surface area contributed by atoms with Crippen LogP contribution in [0.15, 0.2) is 103 Å². The summed E-state index contributed by atoms with van der Waals surface area (Å²) in [5.74, 6) is 0.271. The van der Waals surface area contributed by atoms with Gasteiger partial charge in [0.05, 0.1) is 0 Å². The Bertz CT molecular complexity index is 840. The van der Waals surface area contributed by atoms with E-state index in [9.17, 15) is 4.79 Å². The van der Waals surface area contributed by atoms with E-state index < -0.39 is 0 Å². The van der Waals surface area contributed by atoms with Gasteiger partial charge in [-0.25, -0.2) is 0 Å². The summed E-state index contributed by atoms with van der Waals surface area (Å²) in [4.78, 5) is 12.3. The SMILES string of the molecule is O=C1C=CC(c2ccccc2)(c2ccccc2)[C@@H](c2ccccc2)C1. The molecule has 1 atom stereocenters. The Kier molecular flexibility index (Phi) is 4.07. The van der Waals surface area contributed by atoms with Gasteiger partial charge in [0.15, 0.2) is 5.78 Å². The topological polar surface area (TPSA) is 17.1 Å². The number of hydrogen-bond donors (Lipinski definition) is 0. The van der Waals surface area contributed by atoms with Gasteiger partial charge in [-0.2, -0.15) is 0 Å². The Morgan fingerprint density at radius 2 is 1.16 bits per heavy atom. The van der Waals surface area contributed by atoms with Gasteiger partial charge in [-0.3, -0.25) is 4.79 Å². The van der Waals surface area contributed by atoms with E-state index in [1.54, 1.807) is 6.08 Å². The lowest BCUT2D eigenvalue weighted by Gasteiger charge is -2.42. The van der Waals surface area contributed by atoms with Gasteiger partial charge >= 0.3 is 0 Å². The minimum atomic E-state index is -0.336. The van der Waals surface area contributed by atoms with Crippen LogP contribution in [0.2, 0.25) is 0 Å². The molecule has 0 saturated carbocycles. The van der Waals surface area contributed by atoms with Crippen molar-refractivity contribution in [1.29, 1.82) is 0 Å². The average Bonchev–Trinajstić information content (AvgIpc) is 2.70. The van der Waals surface area contributed by atoms with Crippen LogP contribution in [0.3, 0.4) is 0 Å². The number of ketones is 1. The van der Waals surface area contributed by atoms with Crippen LogP contribution < -0.4 is 0 Å². The maximum Gasteiger partial charge on any atom is 0.156 e. The summed E-state index contributed by atoms with van der Waals surface area (Å²) in [5.41, 5.74) is 3.31. The molecule has 0 aromatic heterocycles. The highest BCUT2D eigenvalue weighted by Gasteiger charge is 2.43. The lowest BCUT2D eigenvalue weighted by atomic mass is 9.60. The Labute approximate surface area is 148 Å². The number of allylic oxidation sites excluding steroid dienone is 2. The molecule has 3 aromatic rings. The van der Waals surface area contributed by atoms with E-state index in [0.29, 0.717) is 6.42 Å². The van der Waals surface area contributed by atoms with E-state index in [1.165, 1.54) is 16.7 Å². The van der Waals surface area contributed by atoms with Crippen LogP contribution >= 0.6 is 0 Å². The first-order chi connectivity index (χ1) is 12.3. The van der Waals surface area contributed by atoms with Gasteiger partial charge in [-0.05, 0) is 22.8 Å². The van der Waals surface area contributed by atoms with Crippen molar-refractivity contribution in [3.8, 4) is 0 Å². The van der Waals surface area contributed by atoms with E-state index in [2.05, 4.69) is 78.9 Å². The quantitative estimate of drug-likeness (QED) is 0.640. The summed E-state index contributed by atoms with van der Waals surface area (Å²) >= 11 is 0. The molecule has 0 spiro atoms. The Hall–Kier alpha value is -2.93. The van der Waals surface area contributed by atoms with Crippen LogP contribution in [0.1, 0.15) is 29.0 Å². The van der Waals surface area contributed by atoms with Crippen LogP contribution in [-0.2, 0) is 10.2 Å². The van der Waals surface area contributed by atoms with Crippen LogP contribution in [0, 0.1) is 0 Å². The van der Waals surface area contributed by atoms with Crippen molar-refractivity contribution in [3.63, 3.8) is 0 Å². The van der Waals surface area contributed by atoms with Crippen molar-refractivity contribution >= 4 is 5.78 Å². The number of hydrogen-bond acceptors (Lipinski definition) is 1. The second kappa shape index (κ2) is 6.52. The number of carbonyl (C=O) groups is 1. The van der Waals surface area contributed by atoms with Crippen LogP contribution in [-0.4, -0.2) is 5.78 Å². The van der Waals surface area contributed by atoms with Crippen molar-refractivity contribution in [3.05, 3.63) is 120 Å². The summed E-state index contributed by atoms with van der Waals surface area (Å²) in [7, 11) is 0. The molecule has 1 heteroatoms. The summed E-state index contributed by atoms with van der Waals surface area (Å²) in [6.45, 7) is 0. The fourth-order valence-corrected chi connectivity index (χ4v) is 4.03.